The maximum absolute atomic E-state index is 12.5. The van der Waals surface area contributed by atoms with E-state index in [0.717, 1.165) is 0 Å². The zero-order valence-corrected chi connectivity index (χ0v) is 17.5. The molecule has 0 radical (unpaired) electrons. The number of aliphatic hydroxyl groups is 3. The smallest absolute Gasteiger partial charge is 0.396 e. The summed E-state index contributed by atoms with van der Waals surface area (Å²) in [5.74, 6) is 0.0900. The summed E-state index contributed by atoms with van der Waals surface area (Å²) in [5.41, 5.74) is 6.17. The first-order valence-corrected chi connectivity index (χ1v) is 11.8. The molecule has 3 heterocycles. The van der Waals surface area contributed by atoms with E-state index < -0.39 is 53.4 Å². The normalized spacial score (nSPS) is 26.4. The molecule has 31 heavy (non-hydrogen) atoms. The van der Waals surface area contributed by atoms with Gasteiger partial charge >= 0.3 is 15.6 Å². The number of phosphoric ester groups is 1. The topological polar surface area (TPSA) is 242 Å². The molecule has 7 N–H and O–H groups in total. The van der Waals surface area contributed by atoms with Crippen molar-refractivity contribution >= 4 is 32.6 Å². The van der Waals surface area contributed by atoms with E-state index in [9.17, 15) is 19.3 Å². The van der Waals surface area contributed by atoms with Crippen molar-refractivity contribution in [1.82, 2.24) is 19.5 Å². The fourth-order valence-electron chi connectivity index (χ4n) is 2.77. The Bertz CT molecular complexity index is 999. The van der Waals surface area contributed by atoms with Gasteiger partial charge in [-0.05, 0) is 6.42 Å². The number of nitrogens with two attached hydrogens (primary N) is 1. The van der Waals surface area contributed by atoms with E-state index in [2.05, 4.69) is 19.3 Å². The maximum atomic E-state index is 12.5. The average Bonchev–Trinajstić information content (AvgIpc) is 3.22. The maximum Gasteiger partial charge on any atom is 0.483 e. The van der Waals surface area contributed by atoms with Crippen LogP contribution in [0.4, 0.5) is 5.82 Å². The summed E-state index contributed by atoms with van der Waals surface area (Å²) >= 11 is 0. The molecule has 0 amide bonds. The number of imidazole rings is 1. The van der Waals surface area contributed by atoms with E-state index >= 15 is 0 Å². The van der Waals surface area contributed by atoms with Crippen molar-refractivity contribution in [3.63, 3.8) is 0 Å². The lowest BCUT2D eigenvalue weighted by atomic mass is 10.1. The van der Waals surface area contributed by atoms with Crippen LogP contribution in [0.15, 0.2) is 12.7 Å². The molecule has 1 fully saturated rings. The summed E-state index contributed by atoms with van der Waals surface area (Å²) < 4.78 is 44.2. The molecule has 1 aliphatic rings. The van der Waals surface area contributed by atoms with Crippen molar-refractivity contribution in [2.75, 3.05) is 25.6 Å². The standard InChI is InChI=1S/C13H21N5O11P2/c14-11-8-12(16-5-15-11)18(6-17-8)13-10(21)9(20)7(28-13)4-27-31(25,26-3-1-2-19)29-30(22,23)24/h5-7,9-10,13,19-21H,1-4H2,(H2,14,15,16)(H2,22,23,24)/t7-,9-,10-,13-,31?/m1/s1. The van der Waals surface area contributed by atoms with Crippen LogP contribution in [0, 0.1) is 0 Å². The quantitative estimate of drug-likeness (QED) is 0.168. The van der Waals surface area contributed by atoms with Gasteiger partial charge in [0.2, 0.25) is 0 Å². The molecule has 2 aromatic rings. The minimum absolute atomic E-state index is 0.0140. The summed E-state index contributed by atoms with van der Waals surface area (Å²) in [4.78, 5) is 29.7. The number of nitrogen functional groups attached to an aromatic ring is 1. The Hall–Kier alpha value is -1.55. The van der Waals surface area contributed by atoms with Gasteiger partial charge in [0.1, 0.15) is 30.2 Å². The number of hydrogen-bond acceptors (Lipinski definition) is 13. The van der Waals surface area contributed by atoms with E-state index in [0.29, 0.717) is 0 Å². The number of hydrogen-bond donors (Lipinski definition) is 6. The molecule has 1 saturated heterocycles. The van der Waals surface area contributed by atoms with E-state index in [1.54, 1.807) is 0 Å². The molecular formula is C13H21N5O11P2. The predicted octanol–water partition coefficient (Wildman–Crippen LogP) is -1.34. The molecule has 5 atom stereocenters. The van der Waals surface area contributed by atoms with Crippen LogP contribution in [-0.4, -0.2) is 82.8 Å². The van der Waals surface area contributed by atoms with Crippen LogP contribution in [0.2, 0.25) is 0 Å². The Morgan fingerprint density at radius 2 is 1.90 bits per heavy atom. The van der Waals surface area contributed by atoms with Crippen LogP contribution in [0.1, 0.15) is 12.6 Å². The zero-order valence-electron chi connectivity index (χ0n) is 15.7. The van der Waals surface area contributed by atoms with Gasteiger partial charge in [0.15, 0.2) is 17.7 Å². The second kappa shape index (κ2) is 9.52. The molecular weight excluding hydrogens is 464 g/mol. The summed E-state index contributed by atoms with van der Waals surface area (Å²) in [6.45, 7) is -1.47. The number of phosphoric acid groups is 2. The third-order valence-electron chi connectivity index (χ3n) is 4.15. The van der Waals surface area contributed by atoms with Crippen molar-refractivity contribution < 1.29 is 52.3 Å². The Balaban J connectivity index is 1.73. The lowest BCUT2D eigenvalue weighted by Crippen LogP contribution is -2.33. The SMILES string of the molecule is Nc1ncnc2c1ncn2[C@@H]1O[C@H](COP(=O)(OCCCO)OP(=O)(O)O)[C@@H](O)[C@H]1O. The predicted molar refractivity (Wildman–Crippen MR) is 100 cm³/mol. The average molecular weight is 485 g/mol. The third kappa shape index (κ3) is 5.63. The van der Waals surface area contributed by atoms with Crippen molar-refractivity contribution in [3.8, 4) is 0 Å². The molecule has 16 nitrogen and oxygen atoms in total. The van der Waals surface area contributed by atoms with Gasteiger partial charge in [-0.2, -0.15) is 4.31 Å². The van der Waals surface area contributed by atoms with E-state index in [1.807, 2.05) is 0 Å². The van der Waals surface area contributed by atoms with E-state index in [4.69, 9.17) is 34.4 Å². The zero-order chi connectivity index (χ0) is 22.8. The van der Waals surface area contributed by atoms with E-state index in [-0.39, 0.29) is 30.0 Å². The summed E-state index contributed by atoms with van der Waals surface area (Å²) in [5, 5.41) is 29.4. The molecule has 0 spiro atoms. The molecule has 1 unspecified atom stereocenters. The fourth-order valence-corrected chi connectivity index (χ4v) is 4.95. The minimum Gasteiger partial charge on any atom is -0.396 e. The number of aromatic nitrogens is 4. The number of ether oxygens (including phenoxy) is 1. The highest BCUT2D eigenvalue weighted by Gasteiger charge is 2.46. The van der Waals surface area contributed by atoms with E-state index in [1.165, 1.54) is 17.2 Å². The van der Waals surface area contributed by atoms with Gasteiger partial charge in [-0.1, -0.05) is 0 Å². The number of nitrogens with zero attached hydrogens (tertiary/aromatic N) is 4. The Morgan fingerprint density at radius 1 is 1.16 bits per heavy atom. The fraction of sp³-hybridized carbons (Fsp3) is 0.615. The number of anilines is 1. The Morgan fingerprint density at radius 3 is 2.58 bits per heavy atom. The molecule has 18 heteroatoms. The van der Waals surface area contributed by atoms with Crippen molar-refractivity contribution in [3.05, 3.63) is 12.7 Å². The number of fused-ring (bicyclic) bond motifs is 1. The number of rotatable bonds is 10. The van der Waals surface area contributed by atoms with Crippen molar-refractivity contribution in [2.45, 2.75) is 31.0 Å². The lowest BCUT2D eigenvalue weighted by molar-refractivity contribution is -0.0514. The van der Waals surface area contributed by atoms with Gasteiger partial charge in [-0.15, -0.1) is 0 Å². The molecule has 0 saturated carbocycles. The van der Waals surface area contributed by atoms with Crippen LogP contribution < -0.4 is 5.73 Å². The highest BCUT2D eigenvalue weighted by molar-refractivity contribution is 7.61. The second-order valence-corrected chi connectivity index (χ2v) is 9.40. The lowest BCUT2D eigenvalue weighted by Gasteiger charge is -2.21. The monoisotopic (exact) mass is 485 g/mol. The van der Waals surface area contributed by atoms with Crippen LogP contribution in [0.3, 0.4) is 0 Å². The second-order valence-electron chi connectivity index (χ2n) is 6.35. The van der Waals surface area contributed by atoms with Crippen LogP contribution in [0.25, 0.3) is 11.2 Å². The molecule has 1 aliphatic heterocycles. The molecule has 174 valence electrons. The van der Waals surface area contributed by atoms with Crippen LogP contribution in [-0.2, 0) is 27.2 Å². The molecule has 0 aliphatic carbocycles. The largest absolute Gasteiger partial charge is 0.483 e. The van der Waals surface area contributed by atoms with Gasteiger partial charge in [-0.25, -0.2) is 24.1 Å². The summed E-state index contributed by atoms with van der Waals surface area (Å²) in [7, 11) is -10.1. The summed E-state index contributed by atoms with van der Waals surface area (Å²) in [6.07, 6.45) is -3.12. The highest BCUT2D eigenvalue weighted by Crippen LogP contribution is 2.61. The third-order valence-corrected chi connectivity index (χ3v) is 6.77. The van der Waals surface area contributed by atoms with Gasteiger partial charge in [0.05, 0.1) is 19.5 Å². The molecule has 0 bridgehead atoms. The first-order chi connectivity index (χ1) is 14.5. The molecule has 3 rings (SSSR count). The first kappa shape index (κ1) is 24.1. The minimum atomic E-state index is -5.28. The Kier molecular flexibility index (Phi) is 7.40. The molecule has 0 aromatic carbocycles. The number of aliphatic hydroxyl groups excluding tert-OH is 3. The first-order valence-electron chi connectivity index (χ1n) is 8.76. The van der Waals surface area contributed by atoms with Gasteiger partial charge in [-0.3, -0.25) is 13.6 Å². The van der Waals surface area contributed by atoms with Gasteiger partial charge in [0.25, 0.3) is 0 Å². The highest BCUT2D eigenvalue weighted by atomic mass is 31.3. The Labute approximate surface area is 174 Å². The molecule has 2 aromatic heterocycles. The van der Waals surface area contributed by atoms with Crippen LogP contribution >= 0.6 is 15.6 Å². The summed E-state index contributed by atoms with van der Waals surface area (Å²) in [6, 6.07) is 0. The van der Waals surface area contributed by atoms with Crippen LogP contribution in [0.5, 0.6) is 0 Å². The van der Waals surface area contributed by atoms with Gasteiger partial charge in [0, 0.05) is 6.61 Å². The van der Waals surface area contributed by atoms with Crippen molar-refractivity contribution in [1.29, 1.82) is 0 Å². The van der Waals surface area contributed by atoms with Gasteiger partial charge < -0.3 is 35.6 Å². The van der Waals surface area contributed by atoms with Crippen molar-refractivity contribution in [2.24, 2.45) is 0 Å².